The Labute approximate surface area is 103 Å². The first kappa shape index (κ1) is 10.9. The molecule has 0 unspecified atom stereocenters. The number of oxazole rings is 1. The monoisotopic (exact) mass is 243 g/mol. The van der Waals surface area contributed by atoms with Crippen molar-refractivity contribution in [1.82, 2.24) is 4.98 Å². The van der Waals surface area contributed by atoms with Crippen molar-refractivity contribution in [2.45, 2.75) is 6.61 Å². The molecule has 0 spiro atoms. The number of rotatable bonds is 2. The molecule has 0 saturated heterocycles. The Hall–Kier alpha value is -2.20. The van der Waals surface area contributed by atoms with E-state index in [-0.39, 0.29) is 18.3 Å². The Morgan fingerprint density at radius 2 is 2.00 bits per heavy atom. The minimum atomic E-state index is -0.369. The van der Waals surface area contributed by atoms with Crippen molar-refractivity contribution in [3.05, 3.63) is 53.8 Å². The molecule has 0 amide bonds. The van der Waals surface area contributed by atoms with Crippen molar-refractivity contribution in [3.8, 4) is 11.5 Å². The van der Waals surface area contributed by atoms with Crippen LogP contribution in [0.4, 0.5) is 4.39 Å². The van der Waals surface area contributed by atoms with Gasteiger partial charge in [-0.1, -0.05) is 18.2 Å². The van der Waals surface area contributed by atoms with Crippen LogP contribution in [0.5, 0.6) is 0 Å². The summed E-state index contributed by atoms with van der Waals surface area (Å²) in [6.45, 7) is -0.0577. The second-order valence-corrected chi connectivity index (χ2v) is 3.96. The van der Waals surface area contributed by atoms with Crippen LogP contribution in [0.25, 0.3) is 22.6 Å². The number of halogens is 1. The highest BCUT2D eigenvalue weighted by atomic mass is 19.1. The van der Waals surface area contributed by atoms with Gasteiger partial charge in [0.25, 0.3) is 0 Å². The minimum absolute atomic E-state index is 0.0577. The summed E-state index contributed by atoms with van der Waals surface area (Å²) < 4.78 is 19.1. The first-order valence-corrected chi connectivity index (χ1v) is 5.53. The van der Waals surface area contributed by atoms with Gasteiger partial charge in [-0.05, 0) is 29.8 Å². The molecule has 4 heteroatoms. The van der Waals surface area contributed by atoms with Crippen LogP contribution < -0.4 is 0 Å². The van der Waals surface area contributed by atoms with Gasteiger partial charge < -0.3 is 9.52 Å². The first-order valence-electron chi connectivity index (χ1n) is 5.53. The van der Waals surface area contributed by atoms with Crippen LogP contribution in [-0.4, -0.2) is 10.1 Å². The molecule has 18 heavy (non-hydrogen) atoms. The fraction of sp³-hybridized carbons (Fsp3) is 0.0714. The normalized spacial score (nSPS) is 11.0. The third kappa shape index (κ3) is 1.76. The van der Waals surface area contributed by atoms with Crippen molar-refractivity contribution in [2.24, 2.45) is 0 Å². The van der Waals surface area contributed by atoms with Crippen LogP contribution in [0.15, 0.2) is 46.9 Å². The maximum atomic E-state index is 13.6. The average Bonchev–Trinajstić information content (AvgIpc) is 2.81. The molecule has 1 aromatic heterocycles. The van der Waals surface area contributed by atoms with E-state index in [0.29, 0.717) is 16.7 Å². The van der Waals surface area contributed by atoms with Gasteiger partial charge in [-0.2, -0.15) is 0 Å². The summed E-state index contributed by atoms with van der Waals surface area (Å²) in [5, 5.41) is 9.05. The predicted octanol–water partition coefficient (Wildman–Crippen LogP) is 3.13. The molecule has 0 aliphatic heterocycles. The second kappa shape index (κ2) is 4.23. The molecule has 3 aromatic rings. The zero-order valence-electron chi connectivity index (χ0n) is 9.43. The molecule has 0 aliphatic rings. The van der Waals surface area contributed by atoms with Gasteiger partial charge in [0.15, 0.2) is 5.58 Å². The van der Waals surface area contributed by atoms with Gasteiger partial charge in [0.2, 0.25) is 5.89 Å². The highest BCUT2D eigenvalue weighted by Crippen LogP contribution is 2.26. The minimum Gasteiger partial charge on any atom is -0.436 e. The summed E-state index contributed by atoms with van der Waals surface area (Å²) in [7, 11) is 0. The molecule has 0 fully saturated rings. The van der Waals surface area contributed by atoms with E-state index in [0.717, 1.165) is 5.56 Å². The van der Waals surface area contributed by atoms with E-state index in [2.05, 4.69) is 4.98 Å². The van der Waals surface area contributed by atoms with Gasteiger partial charge in [0.05, 0.1) is 12.2 Å². The lowest BCUT2D eigenvalue weighted by Gasteiger charge is -1.95. The molecule has 0 saturated carbocycles. The quantitative estimate of drug-likeness (QED) is 0.752. The lowest BCUT2D eigenvalue weighted by Crippen LogP contribution is -1.83. The van der Waals surface area contributed by atoms with Gasteiger partial charge >= 0.3 is 0 Å². The molecule has 0 bridgehead atoms. The van der Waals surface area contributed by atoms with Crippen LogP contribution in [0, 0.1) is 5.82 Å². The number of aliphatic hydroxyl groups is 1. The fourth-order valence-electron chi connectivity index (χ4n) is 1.82. The van der Waals surface area contributed by atoms with Crippen molar-refractivity contribution >= 4 is 11.1 Å². The second-order valence-electron chi connectivity index (χ2n) is 3.96. The van der Waals surface area contributed by atoms with E-state index >= 15 is 0 Å². The third-order valence-electron chi connectivity index (χ3n) is 2.74. The predicted molar refractivity (Wildman–Crippen MR) is 65.3 cm³/mol. The maximum Gasteiger partial charge on any atom is 0.230 e. The van der Waals surface area contributed by atoms with E-state index in [4.69, 9.17) is 9.52 Å². The van der Waals surface area contributed by atoms with Gasteiger partial charge in [-0.25, -0.2) is 9.37 Å². The third-order valence-corrected chi connectivity index (χ3v) is 2.74. The number of hydrogen-bond donors (Lipinski definition) is 1. The molecule has 0 atom stereocenters. The number of aliphatic hydroxyl groups excluding tert-OH is 1. The average molecular weight is 243 g/mol. The molecular formula is C14H10FNO2. The number of fused-ring (bicyclic) bond motifs is 1. The molecule has 2 aromatic carbocycles. The highest BCUT2D eigenvalue weighted by Gasteiger charge is 2.12. The molecule has 3 rings (SSSR count). The summed E-state index contributed by atoms with van der Waals surface area (Å²) in [6, 6.07) is 11.5. The topological polar surface area (TPSA) is 46.3 Å². The van der Waals surface area contributed by atoms with Crippen molar-refractivity contribution in [2.75, 3.05) is 0 Å². The van der Waals surface area contributed by atoms with Gasteiger partial charge in [0, 0.05) is 0 Å². The standard InChI is InChI=1S/C14H10FNO2/c15-11-4-2-1-3-10(11)14-16-12-7-9(8-17)5-6-13(12)18-14/h1-7,17H,8H2. The van der Waals surface area contributed by atoms with Crippen LogP contribution >= 0.6 is 0 Å². The molecule has 1 heterocycles. The number of benzene rings is 2. The Balaban J connectivity index is 2.17. The molecular weight excluding hydrogens is 233 g/mol. The lowest BCUT2D eigenvalue weighted by atomic mass is 10.2. The summed E-state index contributed by atoms with van der Waals surface area (Å²) in [5.41, 5.74) is 2.26. The summed E-state index contributed by atoms with van der Waals surface area (Å²) in [4.78, 5) is 4.23. The van der Waals surface area contributed by atoms with E-state index in [1.54, 1.807) is 36.4 Å². The smallest absolute Gasteiger partial charge is 0.230 e. The summed E-state index contributed by atoms with van der Waals surface area (Å²) >= 11 is 0. The Kier molecular flexibility index (Phi) is 2.57. The Morgan fingerprint density at radius 3 is 2.78 bits per heavy atom. The van der Waals surface area contributed by atoms with Crippen molar-refractivity contribution in [1.29, 1.82) is 0 Å². The van der Waals surface area contributed by atoms with Gasteiger partial charge in [0.1, 0.15) is 11.3 Å². The lowest BCUT2D eigenvalue weighted by molar-refractivity contribution is 0.282. The van der Waals surface area contributed by atoms with Gasteiger partial charge in [-0.15, -0.1) is 0 Å². The number of hydrogen-bond acceptors (Lipinski definition) is 3. The summed E-state index contributed by atoms with van der Waals surface area (Å²) in [5.74, 6) is -0.121. The first-order chi connectivity index (χ1) is 8.78. The molecule has 0 aliphatic carbocycles. The molecule has 90 valence electrons. The van der Waals surface area contributed by atoms with Crippen molar-refractivity contribution in [3.63, 3.8) is 0 Å². The van der Waals surface area contributed by atoms with Crippen molar-refractivity contribution < 1.29 is 13.9 Å². The highest BCUT2D eigenvalue weighted by molar-refractivity contribution is 5.76. The SMILES string of the molecule is OCc1ccc2oc(-c3ccccc3F)nc2c1. The fourth-order valence-corrected chi connectivity index (χ4v) is 1.82. The van der Waals surface area contributed by atoms with E-state index in [1.807, 2.05) is 0 Å². The van der Waals surface area contributed by atoms with Gasteiger partial charge in [-0.3, -0.25) is 0 Å². The summed E-state index contributed by atoms with van der Waals surface area (Å²) in [6.07, 6.45) is 0. The molecule has 3 nitrogen and oxygen atoms in total. The zero-order chi connectivity index (χ0) is 12.5. The zero-order valence-corrected chi connectivity index (χ0v) is 9.43. The van der Waals surface area contributed by atoms with E-state index in [1.165, 1.54) is 6.07 Å². The Morgan fingerprint density at radius 1 is 1.17 bits per heavy atom. The van der Waals surface area contributed by atoms with Crippen LogP contribution in [0.1, 0.15) is 5.56 Å². The largest absolute Gasteiger partial charge is 0.436 e. The van der Waals surface area contributed by atoms with Crippen LogP contribution in [0.2, 0.25) is 0 Å². The van der Waals surface area contributed by atoms with E-state index in [9.17, 15) is 4.39 Å². The molecule has 0 radical (unpaired) electrons. The maximum absolute atomic E-state index is 13.6. The van der Waals surface area contributed by atoms with Crippen LogP contribution in [0.3, 0.4) is 0 Å². The van der Waals surface area contributed by atoms with Crippen LogP contribution in [-0.2, 0) is 6.61 Å². The van der Waals surface area contributed by atoms with E-state index < -0.39 is 0 Å². The Bertz CT molecular complexity index is 706. The number of nitrogens with zero attached hydrogens (tertiary/aromatic N) is 1. The number of aromatic nitrogens is 1. The molecule has 1 N–H and O–H groups in total.